The number of amides is 1. The van der Waals surface area contributed by atoms with E-state index in [4.69, 9.17) is 5.84 Å². The number of ketones is 1. The van der Waals surface area contributed by atoms with Gasteiger partial charge in [-0.15, -0.1) is 0 Å². The maximum Gasteiger partial charge on any atom is 0.433 e. The number of aromatic nitrogens is 2. The molecule has 1 aliphatic rings. The van der Waals surface area contributed by atoms with Crippen LogP contribution >= 0.6 is 0 Å². The molecule has 19 heavy (non-hydrogen) atoms. The van der Waals surface area contributed by atoms with E-state index in [1.165, 1.54) is 0 Å². The summed E-state index contributed by atoms with van der Waals surface area (Å²) in [4.78, 5) is 37.6. The Bertz CT molecular complexity index is 622. The Hall–Kier alpha value is -2.39. The van der Waals surface area contributed by atoms with E-state index < -0.39 is 48.0 Å². The molecule has 0 bridgehead atoms. The van der Waals surface area contributed by atoms with Crippen LogP contribution in [0.5, 0.6) is 0 Å². The van der Waals surface area contributed by atoms with Crippen LogP contribution < -0.4 is 16.3 Å². The third kappa shape index (κ3) is 2.28. The first kappa shape index (κ1) is 13.1. The average molecular weight is 276 g/mol. The van der Waals surface area contributed by atoms with E-state index in [2.05, 4.69) is 4.98 Å². The number of alkyl halides is 3. The van der Waals surface area contributed by atoms with Crippen LogP contribution in [0.4, 0.5) is 19.1 Å². The van der Waals surface area contributed by atoms with E-state index in [1.807, 2.05) is 0 Å². The van der Waals surface area contributed by atoms with E-state index >= 15 is 0 Å². The van der Waals surface area contributed by atoms with Gasteiger partial charge in [0.15, 0.2) is 11.5 Å². The van der Waals surface area contributed by atoms with Crippen molar-refractivity contribution in [1.29, 1.82) is 0 Å². The van der Waals surface area contributed by atoms with Gasteiger partial charge in [0.05, 0.1) is 13.0 Å². The second kappa shape index (κ2) is 4.07. The molecule has 0 radical (unpaired) electrons. The quantitative estimate of drug-likeness (QED) is 0.539. The van der Waals surface area contributed by atoms with E-state index in [9.17, 15) is 27.6 Å². The molecule has 0 atom stereocenters. The van der Waals surface area contributed by atoms with Crippen LogP contribution in [0.1, 0.15) is 12.1 Å². The maximum absolute atomic E-state index is 12.5. The SMILES string of the molecule is Nn1c(N2CC(=O)CC2=O)nc(C(F)(F)F)cc1=O. The monoisotopic (exact) mass is 276 g/mol. The zero-order valence-corrected chi connectivity index (χ0v) is 9.27. The van der Waals surface area contributed by atoms with Crippen LogP contribution in [-0.2, 0) is 15.8 Å². The number of nitrogen functional groups attached to an aromatic ring is 1. The largest absolute Gasteiger partial charge is 0.433 e. The minimum Gasteiger partial charge on any atom is -0.333 e. The molecule has 1 fully saturated rings. The molecule has 1 amide bonds. The molecule has 1 aliphatic heterocycles. The second-order valence-corrected chi connectivity index (χ2v) is 3.84. The fourth-order valence-corrected chi connectivity index (χ4v) is 1.58. The zero-order chi connectivity index (χ0) is 14.4. The van der Waals surface area contributed by atoms with Crippen LogP contribution in [0, 0.1) is 0 Å². The topological polar surface area (TPSA) is 98.3 Å². The summed E-state index contributed by atoms with van der Waals surface area (Å²) < 4.78 is 37.9. The number of halogens is 3. The van der Waals surface area contributed by atoms with Crippen molar-refractivity contribution in [2.75, 3.05) is 17.3 Å². The van der Waals surface area contributed by atoms with Crippen molar-refractivity contribution in [1.82, 2.24) is 9.66 Å². The number of rotatable bonds is 1. The van der Waals surface area contributed by atoms with Crippen molar-refractivity contribution in [2.45, 2.75) is 12.6 Å². The van der Waals surface area contributed by atoms with Gasteiger partial charge in [-0.1, -0.05) is 0 Å². The first-order valence-electron chi connectivity index (χ1n) is 4.98. The number of carbonyl (C=O) groups is 2. The summed E-state index contributed by atoms with van der Waals surface area (Å²) in [7, 11) is 0. The zero-order valence-electron chi connectivity index (χ0n) is 9.27. The minimum atomic E-state index is -4.85. The lowest BCUT2D eigenvalue weighted by molar-refractivity contribution is -0.141. The molecule has 1 saturated heterocycles. The Labute approximate surface area is 103 Å². The Morgan fingerprint density at radius 2 is 1.89 bits per heavy atom. The van der Waals surface area contributed by atoms with Gasteiger partial charge >= 0.3 is 6.18 Å². The third-order valence-electron chi connectivity index (χ3n) is 2.45. The van der Waals surface area contributed by atoms with Crippen LogP contribution in [0.2, 0.25) is 0 Å². The summed E-state index contributed by atoms with van der Waals surface area (Å²) in [5.74, 6) is 3.31. The predicted octanol–water partition coefficient (Wildman–Crippen LogP) is -0.718. The highest BCUT2D eigenvalue weighted by molar-refractivity contribution is 6.14. The number of carbonyl (C=O) groups excluding carboxylic acids is 2. The Morgan fingerprint density at radius 3 is 2.37 bits per heavy atom. The molecule has 2 N–H and O–H groups in total. The maximum atomic E-state index is 12.5. The number of nitrogens with zero attached hydrogens (tertiary/aromatic N) is 3. The average Bonchev–Trinajstić information content (AvgIpc) is 2.60. The van der Waals surface area contributed by atoms with Crippen molar-refractivity contribution in [3.8, 4) is 0 Å². The highest BCUT2D eigenvalue weighted by Crippen LogP contribution is 2.28. The molecular weight excluding hydrogens is 269 g/mol. The smallest absolute Gasteiger partial charge is 0.333 e. The Morgan fingerprint density at radius 1 is 1.26 bits per heavy atom. The molecule has 10 heteroatoms. The summed E-state index contributed by atoms with van der Waals surface area (Å²) in [6, 6.07) is 0.214. The highest BCUT2D eigenvalue weighted by atomic mass is 19.4. The van der Waals surface area contributed by atoms with Gasteiger partial charge in [0, 0.05) is 6.07 Å². The lowest BCUT2D eigenvalue weighted by Gasteiger charge is -2.17. The molecular formula is C9H7F3N4O3. The van der Waals surface area contributed by atoms with Gasteiger partial charge in [0.1, 0.15) is 0 Å². The second-order valence-electron chi connectivity index (χ2n) is 3.84. The molecule has 2 rings (SSSR count). The Kier molecular flexibility index (Phi) is 2.80. The van der Waals surface area contributed by atoms with Crippen LogP contribution in [0.15, 0.2) is 10.9 Å². The summed E-state index contributed by atoms with van der Waals surface area (Å²) in [5, 5.41) is 0. The molecule has 0 spiro atoms. The molecule has 0 unspecified atom stereocenters. The number of hydrogen-bond donors (Lipinski definition) is 1. The molecule has 102 valence electrons. The first-order valence-corrected chi connectivity index (χ1v) is 4.98. The summed E-state index contributed by atoms with van der Waals surface area (Å²) in [6.45, 7) is -0.455. The van der Waals surface area contributed by atoms with E-state index in [-0.39, 0.29) is 6.07 Å². The normalized spacial score (nSPS) is 16.3. The van der Waals surface area contributed by atoms with Gasteiger partial charge in [-0.3, -0.25) is 19.3 Å². The van der Waals surface area contributed by atoms with Crippen molar-refractivity contribution in [3.05, 3.63) is 22.1 Å². The van der Waals surface area contributed by atoms with E-state index in [1.54, 1.807) is 0 Å². The summed E-state index contributed by atoms with van der Waals surface area (Å²) in [6.07, 6.45) is -5.30. The summed E-state index contributed by atoms with van der Waals surface area (Å²) >= 11 is 0. The fraction of sp³-hybridized carbons (Fsp3) is 0.333. The Balaban J connectivity index is 2.57. The molecule has 0 aromatic carbocycles. The molecule has 1 aromatic heterocycles. The van der Waals surface area contributed by atoms with Gasteiger partial charge in [-0.25, -0.2) is 4.98 Å². The lowest BCUT2D eigenvalue weighted by atomic mass is 10.3. The molecule has 2 heterocycles. The molecule has 7 nitrogen and oxygen atoms in total. The predicted molar refractivity (Wildman–Crippen MR) is 55.6 cm³/mol. The molecule has 1 aromatic rings. The molecule has 0 aliphatic carbocycles. The summed E-state index contributed by atoms with van der Waals surface area (Å²) in [5.41, 5.74) is -2.65. The van der Waals surface area contributed by atoms with Crippen LogP contribution in [-0.4, -0.2) is 27.9 Å². The fourth-order valence-electron chi connectivity index (χ4n) is 1.58. The van der Waals surface area contributed by atoms with Gasteiger partial charge in [0.2, 0.25) is 11.9 Å². The van der Waals surface area contributed by atoms with E-state index in [0.717, 1.165) is 0 Å². The van der Waals surface area contributed by atoms with Gasteiger partial charge in [-0.2, -0.15) is 17.8 Å². The number of anilines is 1. The number of nitrogens with two attached hydrogens (primary N) is 1. The van der Waals surface area contributed by atoms with Gasteiger partial charge in [0.25, 0.3) is 5.56 Å². The highest BCUT2D eigenvalue weighted by Gasteiger charge is 2.37. The third-order valence-corrected chi connectivity index (χ3v) is 2.45. The lowest BCUT2D eigenvalue weighted by Crippen LogP contribution is -2.38. The number of Topliss-reactive ketones (excluding diaryl/α,β-unsaturated/α-hetero) is 1. The van der Waals surface area contributed by atoms with E-state index in [0.29, 0.717) is 9.58 Å². The van der Waals surface area contributed by atoms with Crippen LogP contribution in [0.3, 0.4) is 0 Å². The molecule has 0 saturated carbocycles. The minimum absolute atomic E-state index is 0.214. The van der Waals surface area contributed by atoms with Gasteiger partial charge < -0.3 is 5.84 Å². The first-order chi connectivity index (χ1) is 8.70. The van der Waals surface area contributed by atoms with Crippen molar-refractivity contribution >= 4 is 17.6 Å². The van der Waals surface area contributed by atoms with Crippen molar-refractivity contribution in [3.63, 3.8) is 0 Å². The van der Waals surface area contributed by atoms with Gasteiger partial charge in [-0.05, 0) is 0 Å². The van der Waals surface area contributed by atoms with Crippen molar-refractivity contribution in [2.24, 2.45) is 0 Å². The van der Waals surface area contributed by atoms with Crippen LogP contribution in [0.25, 0.3) is 0 Å². The van der Waals surface area contributed by atoms with Crippen molar-refractivity contribution < 1.29 is 22.8 Å². The standard InChI is InChI=1S/C9H7F3N4O3/c10-9(11,12)5-2-7(19)16(13)8(14-5)15-3-4(17)1-6(15)18/h2H,1,3,13H2. The number of hydrogen-bond acceptors (Lipinski definition) is 5.